The van der Waals surface area contributed by atoms with Crippen molar-refractivity contribution in [2.75, 3.05) is 6.61 Å². The number of benzene rings is 1. The molecular weight excluding hydrogens is 298 g/mol. The van der Waals surface area contributed by atoms with Gasteiger partial charge in [0.25, 0.3) is 0 Å². The van der Waals surface area contributed by atoms with E-state index in [1.54, 1.807) is 0 Å². The topological polar surface area (TPSA) is 84.9 Å². The van der Waals surface area contributed by atoms with Crippen molar-refractivity contribution < 1.29 is 24.2 Å². The monoisotopic (exact) mass is 321 g/mol. The van der Waals surface area contributed by atoms with Crippen LogP contribution in [-0.4, -0.2) is 35.9 Å². The number of hydrogen-bond donors (Lipinski definition) is 2. The van der Waals surface area contributed by atoms with Gasteiger partial charge in [-0.2, -0.15) is 0 Å². The van der Waals surface area contributed by atoms with E-state index in [0.29, 0.717) is 6.42 Å². The van der Waals surface area contributed by atoms with Crippen LogP contribution in [0, 0.1) is 5.92 Å². The molecule has 1 fully saturated rings. The molecule has 0 radical (unpaired) electrons. The Balaban J connectivity index is 1.91. The third-order valence-electron chi connectivity index (χ3n) is 3.95. The number of ether oxygens (including phenoxy) is 2. The van der Waals surface area contributed by atoms with E-state index in [1.165, 1.54) is 0 Å². The van der Waals surface area contributed by atoms with Gasteiger partial charge in [-0.05, 0) is 12.0 Å². The molecule has 1 amide bonds. The standard InChI is InChI=1S/C17H23NO5/c1-2-3-9-13-15(14(10-19)23-16(13)20)18-17(21)22-11-12-7-5-4-6-8-12/h4-8,13-15,19H,2-3,9-11H2,1H3,(H,18,21)/t13-,14+,15+/m0/s1. The van der Waals surface area contributed by atoms with Gasteiger partial charge in [-0.1, -0.05) is 50.1 Å². The highest BCUT2D eigenvalue weighted by Crippen LogP contribution is 2.26. The van der Waals surface area contributed by atoms with Crippen molar-refractivity contribution in [3.63, 3.8) is 0 Å². The maximum Gasteiger partial charge on any atom is 0.407 e. The number of carbonyl (C=O) groups excluding carboxylic acids is 2. The smallest absolute Gasteiger partial charge is 0.407 e. The Labute approximate surface area is 135 Å². The van der Waals surface area contributed by atoms with E-state index in [4.69, 9.17) is 9.47 Å². The molecule has 2 N–H and O–H groups in total. The second kappa shape index (κ2) is 8.53. The molecule has 1 aliphatic heterocycles. The summed E-state index contributed by atoms with van der Waals surface area (Å²) >= 11 is 0. The van der Waals surface area contributed by atoms with Crippen LogP contribution in [-0.2, 0) is 20.9 Å². The summed E-state index contributed by atoms with van der Waals surface area (Å²) in [6, 6.07) is 8.77. The molecule has 3 atom stereocenters. The summed E-state index contributed by atoms with van der Waals surface area (Å²) in [5.41, 5.74) is 0.877. The third kappa shape index (κ3) is 4.69. The van der Waals surface area contributed by atoms with E-state index >= 15 is 0 Å². The van der Waals surface area contributed by atoms with Crippen LogP contribution in [0.15, 0.2) is 30.3 Å². The van der Waals surface area contributed by atoms with Crippen LogP contribution >= 0.6 is 0 Å². The largest absolute Gasteiger partial charge is 0.457 e. The lowest BCUT2D eigenvalue weighted by Crippen LogP contribution is -2.46. The number of alkyl carbamates (subject to hydrolysis) is 1. The van der Waals surface area contributed by atoms with Gasteiger partial charge in [-0.25, -0.2) is 4.79 Å². The molecule has 0 aliphatic carbocycles. The van der Waals surface area contributed by atoms with Gasteiger partial charge in [-0.15, -0.1) is 0 Å². The average Bonchev–Trinajstić information content (AvgIpc) is 2.87. The first-order valence-corrected chi connectivity index (χ1v) is 7.94. The van der Waals surface area contributed by atoms with E-state index < -0.39 is 24.2 Å². The van der Waals surface area contributed by atoms with Crippen molar-refractivity contribution in [2.45, 2.75) is 44.9 Å². The molecule has 0 spiro atoms. The molecule has 0 bridgehead atoms. The molecule has 6 heteroatoms. The van der Waals surface area contributed by atoms with E-state index in [2.05, 4.69) is 5.32 Å². The Kier molecular flexibility index (Phi) is 6.40. The summed E-state index contributed by atoms with van der Waals surface area (Å²) in [5, 5.41) is 12.0. The quantitative estimate of drug-likeness (QED) is 0.750. The fraction of sp³-hybridized carbons (Fsp3) is 0.529. The number of hydrogen-bond acceptors (Lipinski definition) is 5. The van der Waals surface area contributed by atoms with Gasteiger partial charge in [-0.3, -0.25) is 4.79 Å². The molecule has 0 unspecified atom stereocenters. The van der Waals surface area contributed by atoms with Gasteiger partial charge >= 0.3 is 12.1 Å². The molecular formula is C17H23NO5. The van der Waals surface area contributed by atoms with Crippen molar-refractivity contribution in [1.82, 2.24) is 5.32 Å². The number of aliphatic hydroxyl groups is 1. The number of esters is 1. The fourth-order valence-corrected chi connectivity index (χ4v) is 2.68. The van der Waals surface area contributed by atoms with Crippen LogP contribution in [0.3, 0.4) is 0 Å². The minimum atomic E-state index is -0.714. The van der Waals surface area contributed by atoms with E-state index in [1.807, 2.05) is 37.3 Å². The number of rotatable bonds is 7. The Morgan fingerprint density at radius 2 is 2.09 bits per heavy atom. The molecule has 0 aromatic heterocycles. The molecule has 6 nitrogen and oxygen atoms in total. The molecule has 0 saturated carbocycles. The first-order valence-electron chi connectivity index (χ1n) is 7.94. The zero-order chi connectivity index (χ0) is 16.7. The van der Waals surface area contributed by atoms with E-state index in [-0.39, 0.29) is 19.2 Å². The van der Waals surface area contributed by atoms with Gasteiger partial charge in [0.15, 0.2) is 0 Å². The molecule has 1 saturated heterocycles. The maximum absolute atomic E-state index is 12.0. The highest BCUT2D eigenvalue weighted by Gasteiger charge is 2.44. The fourth-order valence-electron chi connectivity index (χ4n) is 2.68. The minimum absolute atomic E-state index is 0.150. The van der Waals surface area contributed by atoms with Crippen molar-refractivity contribution in [3.8, 4) is 0 Å². The second-order valence-electron chi connectivity index (χ2n) is 5.64. The minimum Gasteiger partial charge on any atom is -0.457 e. The summed E-state index contributed by atoms with van der Waals surface area (Å²) in [4.78, 5) is 23.9. The summed E-state index contributed by atoms with van der Waals surface area (Å²) in [6.07, 6.45) is 1.09. The summed E-state index contributed by atoms with van der Waals surface area (Å²) in [7, 11) is 0. The number of amides is 1. The number of aliphatic hydroxyl groups excluding tert-OH is 1. The van der Waals surface area contributed by atoms with Crippen LogP contribution in [0.1, 0.15) is 31.7 Å². The van der Waals surface area contributed by atoms with Gasteiger partial charge < -0.3 is 19.9 Å². The van der Waals surface area contributed by atoms with Crippen molar-refractivity contribution in [1.29, 1.82) is 0 Å². The number of unbranched alkanes of at least 4 members (excludes halogenated alkanes) is 1. The second-order valence-corrected chi connectivity index (χ2v) is 5.64. The first kappa shape index (κ1) is 17.3. The molecule has 1 aliphatic rings. The molecule has 1 aromatic rings. The van der Waals surface area contributed by atoms with Crippen LogP contribution in [0.4, 0.5) is 4.79 Å². The highest BCUT2D eigenvalue weighted by molar-refractivity contribution is 5.78. The van der Waals surface area contributed by atoms with Crippen LogP contribution in [0.5, 0.6) is 0 Å². The predicted molar refractivity (Wildman–Crippen MR) is 83.5 cm³/mol. The SMILES string of the molecule is CCCC[C@@H]1C(=O)O[C@H](CO)[C@@H]1NC(=O)OCc1ccccc1. The van der Waals surface area contributed by atoms with Gasteiger partial charge in [0.05, 0.1) is 18.6 Å². The van der Waals surface area contributed by atoms with Gasteiger partial charge in [0.2, 0.25) is 0 Å². The molecule has 1 aromatic carbocycles. The Morgan fingerprint density at radius 3 is 2.74 bits per heavy atom. The van der Waals surface area contributed by atoms with Crippen LogP contribution in [0.25, 0.3) is 0 Å². The lowest BCUT2D eigenvalue weighted by molar-refractivity contribution is -0.145. The van der Waals surface area contributed by atoms with Crippen molar-refractivity contribution in [2.24, 2.45) is 5.92 Å². The highest BCUT2D eigenvalue weighted by atomic mass is 16.6. The zero-order valence-electron chi connectivity index (χ0n) is 13.2. The molecule has 1 heterocycles. The summed E-state index contributed by atoms with van der Waals surface area (Å²) in [6.45, 7) is 1.86. The maximum atomic E-state index is 12.0. The van der Waals surface area contributed by atoms with Crippen molar-refractivity contribution in [3.05, 3.63) is 35.9 Å². The van der Waals surface area contributed by atoms with E-state index in [9.17, 15) is 14.7 Å². The number of cyclic esters (lactones) is 1. The Morgan fingerprint density at radius 1 is 1.35 bits per heavy atom. The number of nitrogens with one attached hydrogen (secondary N) is 1. The van der Waals surface area contributed by atoms with Gasteiger partial charge in [0.1, 0.15) is 12.7 Å². The van der Waals surface area contributed by atoms with Crippen LogP contribution in [0.2, 0.25) is 0 Å². The Bertz CT molecular complexity index is 519. The first-order chi connectivity index (χ1) is 11.2. The Hall–Kier alpha value is -2.08. The number of carbonyl (C=O) groups is 2. The molecule has 23 heavy (non-hydrogen) atoms. The summed E-state index contributed by atoms with van der Waals surface area (Å²) in [5.74, 6) is -0.803. The third-order valence-corrected chi connectivity index (χ3v) is 3.95. The normalized spacial score (nSPS) is 23.4. The average molecular weight is 321 g/mol. The van der Waals surface area contributed by atoms with Crippen molar-refractivity contribution >= 4 is 12.1 Å². The lowest BCUT2D eigenvalue weighted by atomic mass is 9.93. The zero-order valence-corrected chi connectivity index (χ0v) is 13.2. The molecule has 126 valence electrons. The molecule has 2 rings (SSSR count). The van der Waals surface area contributed by atoms with Crippen LogP contribution < -0.4 is 5.32 Å². The predicted octanol–water partition coefficient (Wildman–Crippen LogP) is 2.01. The lowest BCUT2D eigenvalue weighted by Gasteiger charge is -2.20. The van der Waals surface area contributed by atoms with Gasteiger partial charge in [0, 0.05) is 0 Å². The van der Waals surface area contributed by atoms with E-state index in [0.717, 1.165) is 18.4 Å². The summed E-state index contributed by atoms with van der Waals surface area (Å²) < 4.78 is 10.3.